The van der Waals surface area contributed by atoms with Crippen LogP contribution in [0.25, 0.3) is 0 Å². The molecule has 1 atom stereocenters. The van der Waals surface area contributed by atoms with Gasteiger partial charge in [-0.15, -0.1) is 0 Å². The first-order valence-electron chi connectivity index (χ1n) is 14.4. The van der Waals surface area contributed by atoms with Crippen LogP contribution < -0.4 is 16.0 Å². The molecule has 0 radical (unpaired) electrons. The minimum absolute atomic E-state index is 0.00142. The molecule has 4 N–H and O–H groups in total. The maximum Gasteiger partial charge on any atom is 0.490 e. The van der Waals surface area contributed by atoms with E-state index in [-0.39, 0.29) is 35.5 Å². The van der Waals surface area contributed by atoms with E-state index in [1.807, 2.05) is 49.9 Å². The van der Waals surface area contributed by atoms with E-state index in [1.54, 1.807) is 24.3 Å². The predicted molar refractivity (Wildman–Crippen MR) is 159 cm³/mol. The first-order valence-corrected chi connectivity index (χ1v) is 14.4. The molecule has 2 aromatic rings. The van der Waals surface area contributed by atoms with Crippen LogP contribution in [-0.2, 0) is 11.3 Å². The predicted octanol–water partition coefficient (Wildman–Crippen LogP) is 4.87. The Morgan fingerprint density at radius 3 is 2.11 bits per heavy atom. The molecular formula is C31H40F3N5O5. The van der Waals surface area contributed by atoms with Crippen LogP contribution in [0.15, 0.2) is 48.5 Å². The number of carbonyl (C=O) groups is 4. The third-order valence-electron chi connectivity index (χ3n) is 7.13. The molecule has 0 spiro atoms. The van der Waals surface area contributed by atoms with E-state index in [9.17, 15) is 27.6 Å². The lowest BCUT2D eigenvalue weighted by Crippen LogP contribution is -2.53. The molecule has 0 bridgehead atoms. The number of carboxylic acids is 1. The van der Waals surface area contributed by atoms with Gasteiger partial charge >= 0.3 is 18.2 Å². The largest absolute Gasteiger partial charge is 0.490 e. The topological polar surface area (TPSA) is 131 Å². The SMILES string of the molecule is CC1CN(Cc2cccc(C(=O)NC(C)(C)C)c2)CCN1C(=O)c1ccc(NC(=O)NC2CCC2)cc1.O=C(O)C(F)(F)F. The number of carboxylic acid groups (broad SMARTS) is 1. The van der Waals surface area contributed by atoms with Crippen LogP contribution in [0.3, 0.4) is 0 Å². The number of hydrogen-bond donors (Lipinski definition) is 4. The zero-order valence-electron chi connectivity index (χ0n) is 25.3. The molecule has 4 rings (SSSR count). The van der Waals surface area contributed by atoms with Crippen LogP contribution in [-0.4, -0.2) is 82.2 Å². The first-order chi connectivity index (χ1) is 20.5. The van der Waals surface area contributed by atoms with Crippen molar-refractivity contribution in [3.05, 3.63) is 65.2 Å². The van der Waals surface area contributed by atoms with Gasteiger partial charge < -0.3 is 26.0 Å². The second-order valence-electron chi connectivity index (χ2n) is 12.1. The van der Waals surface area contributed by atoms with Crippen molar-refractivity contribution in [1.82, 2.24) is 20.4 Å². The number of amides is 4. The lowest BCUT2D eigenvalue weighted by atomic mass is 9.93. The Balaban J connectivity index is 0.000000676. The molecule has 1 saturated heterocycles. The van der Waals surface area contributed by atoms with Crippen LogP contribution in [0.1, 0.15) is 73.2 Å². The molecule has 2 aliphatic rings. The van der Waals surface area contributed by atoms with E-state index in [0.29, 0.717) is 23.4 Å². The number of piperazine rings is 1. The number of aliphatic carboxylic acids is 1. The number of carbonyl (C=O) groups excluding carboxylic acids is 3. The van der Waals surface area contributed by atoms with Crippen molar-refractivity contribution in [3.63, 3.8) is 0 Å². The molecule has 1 saturated carbocycles. The van der Waals surface area contributed by atoms with Crippen molar-refractivity contribution in [2.75, 3.05) is 25.0 Å². The molecular weight excluding hydrogens is 579 g/mol. The fourth-order valence-corrected chi connectivity index (χ4v) is 4.73. The summed E-state index contributed by atoms with van der Waals surface area (Å²) in [5.41, 5.74) is 2.74. The molecule has 2 fully saturated rings. The highest BCUT2D eigenvalue weighted by molar-refractivity contribution is 5.96. The molecule has 1 aliphatic heterocycles. The van der Waals surface area contributed by atoms with E-state index in [0.717, 1.165) is 44.5 Å². The van der Waals surface area contributed by atoms with Gasteiger partial charge in [-0.1, -0.05) is 12.1 Å². The number of benzene rings is 2. The maximum absolute atomic E-state index is 13.2. The van der Waals surface area contributed by atoms with Gasteiger partial charge in [0.1, 0.15) is 0 Å². The number of rotatable bonds is 6. The van der Waals surface area contributed by atoms with E-state index in [2.05, 4.69) is 27.8 Å². The molecule has 13 heteroatoms. The van der Waals surface area contributed by atoms with Gasteiger partial charge in [-0.05, 0) is 88.9 Å². The fourth-order valence-electron chi connectivity index (χ4n) is 4.73. The summed E-state index contributed by atoms with van der Waals surface area (Å²) >= 11 is 0. The number of nitrogens with one attached hydrogen (secondary N) is 3. The van der Waals surface area contributed by atoms with Crippen LogP contribution in [0.5, 0.6) is 0 Å². The van der Waals surface area contributed by atoms with Crippen molar-refractivity contribution >= 4 is 29.5 Å². The quantitative estimate of drug-likeness (QED) is 0.365. The highest BCUT2D eigenvalue weighted by Crippen LogP contribution is 2.20. The highest BCUT2D eigenvalue weighted by Gasteiger charge is 2.38. The van der Waals surface area contributed by atoms with E-state index >= 15 is 0 Å². The number of hydrogen-bond acceptors (Lipinski definition) is 5. The van der Waals surface area contributed by atoms with Crippen LogP contribution in [0.2, 0.25) is 0 Å². The molecule has 44 heavy (non-hydrogen) atoms. The summed E-state index contributed by atoms with van der Waals surface area (Å²) in [7, 11) is 0. The van der Waals surface area contributed by atoms with E-state index in [4.69, 9.17) is 9.90 Å². The number of alkyl halides is 3. The molecule has 1 unspecified atom stereocenters. The second kappa shape index (κ2) is 14.6. The van der Waals surface area contributed by atoms with Gasteiger partial charge in [0, 0.05) is 60.6 Å². The number of nitrogens with zero attached hydrogens (tertiary/aromatic N) is 2. The van der Waals surface area contributed by atoms with Crippen molar-refractivity contribution < 1.29 is 37.5 Å². The zero-order valence-corrected chi connectivity index (χ0v) is 25.3. The third-order valence-corrected chi connectivity index (χ3v) is 7.13. The fraction of sp³-hybridized carbons (Fsp3) is 0.484. The van der Waals surface area contributed by atoms with E-state index < -0.39 is 12.1 Å². The summed E-state index contributed by atoms with van der Waals surface area (Å²) in [6.45, 7) is 10.9. The summed E-state index contributed by atoms with van der Waals surface area (Å²) in [4.78, 5) is 50.9. The van der Waals surface area contributed by atoms with Gasteiger partial charge in [-0.2, -0.15) is 13.2 Å². The number of urea groups is 1. The maximum atomic E-state index is 13.2. The Bertz CT molecular complexity index is 1320. The van der Waals surface area contributed by atoms with Crippen LogP contribution in [0, 0.1) is 0 Å². The average molecular weight is 620 g/mol. The number of anilines is 1. The van der Waals surface area contributed by atoms with Gasteiger partial charge in [-0.3, -0.25) is 14.5 Å². The molecule has 240 valence electrons. The molecule has 4 amide bonds. The first kappa shape index (κ1) is 34.4. The van der Waals surface area contributed by atoms with Crippen molar-refractivity contribution in [3.8, 4) is 0 Å². The summed E-state index contributed by atoms with van der Waals surface area (Å²) in [5.74, 6) is -2.83. The van der Waals surface area contributed by atoms with Crippen LogP contribution >= 0.6 is 0 Å². The second-order valence-corrected chi connectivity index (χ2v) is 12.1. The standard InChI is InChI=1S/C29H39N5O3.C2HF3O2/c1-20-18-33(19-21-7-5-8-23(17-21)26(35)32-29(2,3)4)15-16-34(20)27(36)22-11-13-25(14-12-22)31-28(37)30-24-9-6-10-24;3-2(4,5)1(6)7/h5,7-8,11-14,17,20,24H,6,9-10,15-16,18-19H2,1-4H3,(H,32,35)(H2,30,31,37);(H,6,7). The zero-order chi connectivity index (χ0) is 32.7. The van der Waals surface area contributed by atoms with Gasteiger partial charge in [0.25, 0.3) is 11.8 Å². The minimum Gasteiger partial charge on any atom is -0.475 e. The Hall–Kier alpha value is -4.13. The Labute approximate surface area is 255 Å². The monoisotopic (exact) mass is 619 g/mol. The Kier molecular flexibility index (Phi) is 11.4. The molecule has 0 aromatic heterocycles. The lowest BCUT2D eigenvalue weighted by Gasteiger charge is -2.40. The van der Waals surface area contributed by atoms with Crippen molar-refractivity contribution in [1.29, 1.82) is 0 Å². The van der Waals surface area contributed by atoms with Crippen molar-refractivity contribution in [2.24, 2.45) is 0 Å². The summed E-state index contributed by atoms with van der Waals surface area (Å²) in [6.07, 6.45) is -1.85. The molecule has 1 aliphatic carbocycles. The van der Waals surface area contributed by atoms with Gasteiger partial charge in [0.15, 0.2) is 0 Å². The summed E-state index contributed by atoms with van der Waals surface area (Å²) < 4.78 is 31.7. The summed E-state index contributed by atoms with van der Waals surface area (Å²) in [5, 5.41) is 15.9. The van der Waals surface area contributed by atoms with E-state index in [1.165, 1.54) is 0 Å². The molecule has 2 aromatic carbocycles. The Morgan fingerprint density at radius 1 is 0.955 bits per heavy atom. The highest BCUT2D eigenvalue weighted by atomic mass is 19.4. The average Bonchev–Trinajstić information content (AvgIpc) is 2.90. The molecule has 1 heterocycles. The van der Waals surface area contributed by atoms with Crippen molar-refractivity contribution in [2.45, 2.75) is 77.3 Å². The van der Waals surface area contributed by atoms with Crippen LogP contribution in [0.4, 0.5) is 23.7 Å². The smallest absolute Gasteiger partial charge is 0.475 e. The normalized spacial score (nSPS) is 17.4. The lowest BCUT2D eigenvalue weighted by molar-refractivity contribution is -0.192. The number of halogens is 3. The minimum atomic E-state index is -5.08. The Morgan fingerprint density at radius 2 is 1.59 bits per heavy atom. The molecule has 10 nitrogen and oxygen atoms in total. The third kappa shape index (κ3) is 10.5. The van der Waals surface area contributed by atoms with Gasteiger partial charge in [0.05, 0.1) is 0 Å². The van der Waals surface area contributed by atoms with Gasteiger partial charge in [-0.25, -0.2) is 9.59 Å². The summed E-state index contributed by atoms with van der Waals surface area (Å²) in [6, 6.07) is 15.0. The van der Waals surface area contributed by atoms with Gasteiger partial charge in [0.2, 0.25) is 0 Å².